The van der Waals surface area contributed by atoms with Gasteiger partial charge in [0.05, 0.1) is 6.42 Å². The molecule has 0 aromatic carbocycles. The van der Waals surface area contributed by atoms with E-state index in [0.29, 0.717) is 5.76 Å². The molecular weight excluding hydrogens is 92.1 g/mol. The summed E-state index contributed by atoms with van der Waals surface area (Å²) in [6.07, 6.45) is 1.01. The van der Waals surface area contributed by atoms with Crippen LogP contribution in [0.2, 0.25) is 0 Å². The molecule has 0 radical (unpaired) electrons. The van der Waals surface area contributed by atoms with Gasteiger partial charge in [-0.05, 0) is 6.92 Å². The molecule has 1 saturated heterocycles. The van der Waals surface area contributed by atoms with Crippen LogP contribution >= 0.6 is 0 Å². The summed E-state index contributed by atoms with van der Waals surface area (Å²) in [4.78, 5) is 9.65. The molecule has 0 N–H and O–H groups in total. The molecule has 38 valence electrons. The summed E-state index contributed by atoms with van der Waals surface area (Å²) < 4.78 is 4.78. The maximum absolute atomic E-state index is 9.65. The van der Waals surface area contributed by atoms with Crippen molar-refractivity contribution in [2.24, 2.45) is 0 Å². The number of carbonyl (C=O) groups excluding carboxylic acids is 1. The summed E-state index contributed by atoms with van der Waals surface area (Å²) in [5.74, 6) is 2.14. The maximum atomic E-state index is 9.65. The molecule has 0 bridgehead atoms. The van der Waals surface area contributed by atoms with Gasteiger partial charge in [-0.15, -0.1) is 0 Å². The first-order valence-corrected chi connectivity index (χ1v) is 2.23. The Morgan fingerprint density at radius 2 is 2.57 bits per heavy atom. The lowest BCUT2D eigenvalue weighted by Gasteiger charge is -2.23. The zero-order chi connectivity index (χ0) is 5.28. The highest BCUT2D eigenvalue weighted by Gasteiger charge is 2.19. The summed E-state index contributed by atoms with van der Waals surface area (Å²) >= 11 is 0. The van der Waals surface area contributed by atoms with Crippen LogP contribution in [0.1, 0.15) is 13.3 Å². The third-order valence-corrected chi connectivity index (χ3v) is 0.930. The van der Waals surface area contributed by atoms with Crippen LogP contribution in [0.4, 0.5) is 0 Å². The Labute approximate surface area is 41.8 Å². The fourth-order valence-electron chi connectivity index (χ4n) is 0.560. The van der Waals surface area contributed by atoms with E-state index in [1.807, 2.05) is 6.92 Å². The zero-order valence-corrected chi connectivity index (χ0v) is 4.10. The second-order valence-electron chi connectivity index (χ2n) is 1.66. The van der Waals surface area contributed by atoms with Gasteiger partial charge in [0, 0.05) is 0 Å². The Morgan fingerprint density at radius 1 is 2.00 bits per heavy atom. The van der Waals surface area contributed by atoms with E-state index in [1.54, 1.807) is 5.94 Å². The van der Waals surface area contributed by atoms with Gasteiger partial charge in [-0.2, -0.15) is 0 Å². The molecule has 1 rings (SSSR count). The van der Waals surface area contributed by atoms with Gasteiger partial charge in [-0.3, -0.25) is 0 Å². The van der Waals surface area contributed by atoms with E-state index in [0.717, 1.165) is 6.42 Å². The van der Waals surface area contributed by atoms with Crippen molar-refractivity contribution in [1.82, 2.24) is 0 Å². The molecule has 1 heterocycles. The average Bonchev–Trinajstić information content (AvgIpc) is 1.58. The second-order valence-corrected chi connectivity index (χ2v) is 1.66. The van der Waals surface area contributed by atoms with Gasteiger partial charge in [0.25, 0.3) is 0 Å². The summed E-state index contributed by atoms with van der Waals surface area (Å²) in [7, 11) is 0. The summed E-state index contributed by atoms with van der Waals surface area (Å²) in [5, 5.41) is 0. The van der Waals surface area contributed by atoms with Crippen molar-refractivity contribution in [2.75, 3.05) is 0 Å². The number of hydrogen-bond donors (Lipinski definition) is 0. The fourth-order valence-corrected chi connectivity index (χ4v) is 0.560. The molecule has 2 nitrogen and oxygen atoms in total. The molecule has 7 heavy (non-hydrogen) atoms. The monoisotopic (exact) mass is 98.0 g/mol. The highest BCUT2D eigenvalue weighted by atomic mass is 16.5. The number of ether oxygens (including phenoxy) is 1. The lowest BCUT2D eigenvalue weighted by Crippen LogP contribution is -2.20. The van der Waals surface area contributed by atoms with Crippen LogP contribution in [0, 0.1) is 0 Å². The molecule has 0 aromatic heterocycles. The van der Waals surface area contributed by atoms with Gasteiger partial charge in [-0.1, -0.05) is 0 Å². The van der Waals surface area contributed by atoms with E-state index in [-0.39, 0.29) is 6.10 Å². The third kappa shape index (κ3) is 0.648. The molecule has 0 aromatic rings. The number of rotatable bonds is 0. The van der Waals surface area contributed by atoms with Crippen LogP contribution in [0.15, 0.2) is 5.76 Å². The van der Waals surface area contributed by atoms with Crippen molar-refractivity contribution >= 4 is 5.94 Å². The van der Waals surface area contributed by atoms with Gasteiger partial charge < -0.3 is 4.74 Å². The van der Waals surface area contributed by atoms with E-state index in [9.17, 15) is 4.79 Å². The lowest BCUT2D eigenvalue weighted by molar-refractivity contribution is 0.0387. The molecule has 1 atom stereocenters. The van der Waals surface area contributed by atoms with Crippen LogP contribution in [-0.2, 0) is 9.53 Å². The first-order valence-electron chi connectivity index (χ1n) is 2.23. The van der Waals surface area contributed by atoms with Crippen LogP contribution in [0.3, 0.4) is 0 Å². The van der Waals surface area contributed by atoms with Gasteiger partial charge in [0.1, 0.15) is 6.10 Å². The Hall–Kier alpha value is -0.750. The van der Waals surface area contributed by atoms with Gasteiger partial charge in [0.15, 0.2) is 11.7 Å². The Balaban J connectivity index is 2.45. The minimum Gasteiger partial charge on any atom is -0.483 e. The summed E-state index contributed by atoms with van der Waals surface area (Å²) in [6.45, 7) is 1.92. The molecule has 0 amide bonds. The standard InChI is InChI=1S/C5H6O2/c1-4-2-5(3-6)7-4/h4H,2H2,1H3. The second kappa shape index (κ2) is 1.39. The number of hydrogen-bond acceptors (Lipinski definition) is 2. The summed E-state index contributed by atoms with van der Waals surface area (Å²) in [5.41, 5.74) is 0. The Morgan fingerprint density at radius 3 is 2.71 bits per heavy atom. The van der Waals surface area contributed by atoms with Crippen molar-refractivity contribution < 1.29 is 9.53 Å². The minimum absolute atomic E-state index is 0.247. The highest BCUT2D eigenvalue weighted by Crippen LogP contribution is 2.19. The fraction of sp³-hybridized carbons (Fsp3) is 0.600. The lowest BCUT2D eigenvalue weighted by atomic mass is 10.2. The molecule has 2 heteroatoms. The summed E-state index contributed by atoms with van der Waals surface area (Å²) in [6, 6.07) is 0. The van der Waals surface area contributed by atoms with E-state index in [2.05, 4.69) is 0 Å². The van der Waals surface area contributed by atoms with Crippen molar-refractivity contribution in [1.29, 1.82) is 0 Å². The van der Waals surface area contributed by atoms with E-state index in [1.165, 1.54) is 0 Å². The van der Waals surface area contributed by atoms with E-state index in [4.69, 9.17) is 4.74 Å². The van der Waals surface area contributed by atoms with Crippen molar-refractivity contribution in [2.45, 2.75) is 19.4 Å². The molecule has 0 aliphatic carbocycles. The van der Waals surface area contributed by atoms with E-state index < -0.39 is 0 Å². The van der Waals surface area contributed by atoms with Crippen molar-refractivity contribution in [3.8, 4) is 0 Å². The molecule has 1 aliphatic heterocycles. The largest absolute Gasteiger partial charge is 0.483 e. The first kappa shape index (κ1) is 4.41. The Kier molecular flexibility index (Phi) is 0.878. The molecule has 1 fully saturated rings. The van der Waals surface area contributed by atoms with Crippen LogP contribution in [0.25, 0.3) is 0 Å². The molecule has 1 unspecified atom stereocenters. The molecular formula is C5H6O2. The third-order valence-electron chi connectivity index (χ3n) is 0.930. The quantitative estimate of drug-likeness (QED) is 0.412. The average molecular weight is 98.1 g/mol. The molecule has 0 spiro atoms. The highest BCUT2D eigenvalue weighted by molar-refractivity contribution is 5.51. The van der Waals surface area contributed by atoms with Gasteiger partial charge in [-0.25, -0.2) is 4.79 Å². The maximum Gasteiger partial charge on any atom is 0.183 e. The minimum atomic E-state index is 0.247. The Bertz CT molecular complexity index is 114. The predicted octanol–water partition coefficient (Wildman–Crippen LogP) is 0.511. The van der Waals surface area contributed by atoms with Crippen molar-refractivity contribution in [3.63, 3.8) is 0 Å². The van der Waals surface area contributed by atoms with Crippen LogP contribution < -0.4 is 0 Å². The normalized spacial score (nSPS) is 27.6. The molecule has 0 saturated carbocycles. The van der Waals surface area contributed by atoms with Crippen molar-refractivity contribution in [3.05, 3.63) is 5.76 Å². The van der Waals surface area contributed by atoms with Crippen LogP contribution in [-0.4, -0.2) is 12.0 Å². The van der Waals surface area contributed by atoms with Gasteiger partial charge in [0.2, 0.25) is 0 Å². The van der Waals surface area contributed by atoms with Crippen LogP contribution in [0.5, 0.6) is 0 Å². The van der Waals surface area contributed by atoms with Gasteiger partial charge >= 0.3 is 0 Å². The van der Waals surface area contributed by atoms with E-state index >= 15 is 0 Å². The molecule has 1 aliphatic rings. The topological polar surface area (TPSA) is 26.3 Å². The SMILES string of the molecule is CC1CC(=C=O)O1. The predicted molar refractivity (Wildman–Crippen MR) is 24.4 cm³/mol. The zero-order valence-electron chi connectivity index (χ0n) is 4.10. The smallest absolute Gasteiger partial charge is 0.183 e. The first-order chi connectivity index (χ1) is 3.33.